The number of rotatable bonds is 0. The minimum atomic E-state index is 0.569. The van der Waals surface area contributed by atoms with Crippen LogP contribution in [-0.4, -0.2) is 0 Å². The normalized spacial score (nSPS) is 38.5. The van der Waals surface area contributed by atoms with Gasteiger partial charge in [0.05, 0.1) is 0 Å². The van der Waals surface area contributed by atoms with Crippen LogP contribution in [0.2, 0.25) is 0 Å². The van der Waals surface area contributed by atoms with E-state index in [-0.39, 0.29) is 0 Å². The fourth-order valence-corrected chi connectivity index (χ4v) is 4.24. The van der Waals surface area contributed by atoms with Crippen molar-refractivity contribution in [2.75, 3.05) is 0 Å². The highest BCUT2D eigenvalue weighted by Crippen LogP contribution is 2.37. The van der Waals surface area contributed by atoms with Crippen molar-refractivity contribution in [1.29, 1.82) is 0 Å². The fourth-order valence-electron chi connectivity index (χ4n) is 4.24. The molecule has 0 saturated heterocycles. The Morgan fingerprint density at radius 1 is 0.625 bits per heavy atom. The van der Waals surface area contributed by atoms with Crippen molar-refractivity contribution in [2.45, 2.75) is 80.1 Å². The lowest BCUT2D eigenvalue weighted by molar-refractivity contribution is 0.555. The Balaban J connectivity index is 0.000000181. The second-order valence-electron chi connectivity index (χ2n) is 9.04. The van der Waals surface area contributed by atoms with E-state index in [4.69, 9.17) is 0 Å². The highest BCUT2D eigenvalue weighted by atomic mass is 14.3. The molecular weight excluding hydrogens is 288 g/mol. The third kappa shape index (κ3) is 6.26. The summed E-state index contributed by atoms with van der Waals surface area (Å²) >= 11 is 0. The van der Waals surface area contributed by atoms with Crippen LogP contribution >= 0.6 is 0 Å². The van der Waals surface area contributed by atoms with Crippen molar-refractivity contribution >= 4 is 0 Å². The Kier molecular flexibility index (Phi) is 8.54. The Labute approximate surface area is 152 Å². The van der Waals surface area contributed by atoms with E-state index in [1.807, 2.05) is 0 Å². The maximum atomic E-state index is 4.02. The molecule has 6 unspecified atom stereocenters. The largest absolute Gasteiger partial charge is 0.0993 e. The first-order valence-electron chi connectivity index (χ1n) is 10.2. The molecule has 0 nitrogen and oxygen atoms in total. The van der Waals surface area contributed by atoms with Gasteiger partial charge in [0, 0.05) is 0 Å². The first-order chi connectivity index (χ1) is 11.1. The standard InChI is InChI=1S/C9H14.C8H14.C7H14/c1-6-5-7(2)9(4)8(6)3;1-6-4-5-7(2)8(6)3;1-6-3-4-7(2)5-6/h7-8H,1,4-5H2,2-3H3;6-7H,3-5H2,1-2H3;6-7H,3-5H2,1-2H3. The predicted octanol–water partition coefficient (Wildman–Crippen LogP) is 7.83. The molecule has 0 aromatic heterocycles. The van der Waals surface area contributed by atoms with Crippen molar-refractivity contribution in [1.82, 2.24) is 0 Å². The van der Waals surface area contributed by atoms with Crippen LogP contribution in [0.15, 0.2) is 36.5 Å². The van der Waals surface area contributed by atoms with Crippen LogP contribution in [0.1, 0.15) is 80.1 Å². The van der Waals surface area contributed by atoms with E-state index in [0.29, 0.717) is 11.8 Å². The molecule has 0 N–H and O–H groups in total. The summed E-state index contributed by atoms with van der Waals surface area (Å²) in [6.45, 7) is 25.6. The Hall–Kier alpha value is -0.780. The third-order valence-electron chi connectivity index (χ3n) is 6.63. The van der Waals surface area contributed by atoms with Crippen molar-refractivity contribution in [3.8, 4) is 0 Å². The van der Waals surface area contributed by atoms with Crippen LogP contribution in [0.5, 0.6) is 0 Å². The van der Waals surface area contributed by atoms with Crippen molar-refractivity contribution in [2.24, 2.45) is 35.5 Å². The third-order valence-corrected chi connectivity index (χ3v) is 6.63. The van der Waals surface area contributed by atoms with E-state index in [9.17, 15) is 0 Å². The smallest absolute Gasteiger partial charge is 0.00238 e. The van der Waals surface area contributed by atoms with Crippen LogP contribution in [0, 0.1) is 35.5 Å². The quantitative estimate of drug-likeness (QED) is 0.397. The number of hydrogen-bond donors (Lipinski definition) is 0. The molecule has 0 spiro atoms. The van der Waals surface area contributed by atoms with Gasteiger partial charge in [-0.05, 0) is 61.2 Å². The zero-order chi connectivity index (χ0) is 18.4. The minimum Gasteiger partial charge on any atom is -0.0993 e. The van der Waals surface area contributed by atoms with E-state index in [0.717, 1.165) is 30.1 Å². The zero-order valence-electron chi connectivity index (χ0n) is 17.3. The molecule has 0 bridgehead atoms. The Morgan fingerprint density at radius 3 is 1.21 bits per heavy atom. The molecule has 3 saturated carbocycles. The molecule has 3 rings (SSSR count). The Bertz CT molecular complexity index is 421. The lowest BCUT2D eigenvalue weighted by Crippen LogP contribution is -1.92. The van der Waals surface area contributed by atoms with Gasteiger partial charge in [0.2, 0.25) is 0 Å². The minimum absolute atomic E-state index is 0.569. The highest BCUT2D eigenvalue weighted by molar-refractivity contribution is 5.25. The lowest BCUT2D eigenvalue weighted by atomic mass is 10.0. The first kappa shape index (κ1) is 21.3. The van der Waals surface area contributed by atoms with Crippen molar-refractivity contribution < 1.29 is 0 Å². The SMILES string of the molecule is C=C1C(C)CCC1C.C=C1CC(C)C(=C)C1C.CC1CCC(C)C1. The first-order valence-corrected chi connectivity index (χ1v) is 10.2. The van der Waals surface area contributed by atoms with Crippen LogP contribution in [0.4, 0.5) is 0 Å². The van der Waals surface area contributed by atoms with Crippen LogP contribution in [-0.2, 0) is 0 Å². The van der Waals surface area contributed by atoms with Crippen LogP contribution < -0.4 is 0 Å². The second-order valence-corrected chi connectivity index (χ2v) is 9.04. The van der Waals surface area contributed by atoms with E-state index in [1.54, 1.807) is 0 Å². The van der Waals surface area contributed by atoms with Crippen molar-refractivity contribution in [3.05, 3.63) is 36.5 Å². The van der Waals surface area contributed by atoms with E-state index >= 15 is 0 Å². The summed E-state index contributed by atoms with van der Waals surface area (Å²) in [6.07, 6.45) is 8.29. The highest BCUT2D eigenvalue weighted by Gasteiger charge is 2.24. The van der Waals surface area contributed by atoms with Gasteiger partial charge in [-0.25, -0.2) is 0 Å². The summed E-state index contributed by atoms with van der Waals surface area (Å²) in [6, 6.07) is 0. The van der Waals surface area contributed by atoms with Crippen LogP contribution in [0.25, 0.3) is 0 Å². The number of allylic oxidation sites excluding steroid dienone is 3. The van der Waals surface area contributed by atoms with Gasteiger partial charge in [-0.1, -0.05) is 90.8 Å². The monoisotopic (exact) mass is 330 g/mol. The zero-order valence-corrected chi connectivity index (χ0v) is 17.3. The summed E-state index contributed by atoms with van der Waals surface area (Å²) in [5.74, 6) is 4.88. The average Bonchev–Trinajstić information content (AvgIpc) is 3.12. The van der Waals surface area contributed by atoms with E-state index < -0.39 is 0 Å². The topological polar surface area (TPSA) is 0 Å². The van der Waals surface area contributed by atoms with Gasteiger partial charge in [0.25, 0.3) is 0 Å². The van der Waals surface area contributed by atoms with E-state index in [1.165, 1.54) is 48.8 Å². The molecule has 6 atom stereocenters. The molecule has 0 radical (unpaired) electrons. The van der Waals surface area contributed by atoms with Gasteiger partial charge in [-0.2, -0.15) is 0 Å². The van der Waals surface area contributed by atoms with E-state index in [2.05, 4.69) is 61.3 Å². The summed E-state index contributed by atoms with van der Waals surface area (Å²) in [7, 11) is 0. The molecule has 3 aliphatic carbocycles. The molecule has 24 heavy (non-hydrogen) atoms. The van der Waals surface area contributed by atoms with Gasteiger partial charge in [-0.15, -0.1) is 0 Å². The van der Waals surface area contributed by atoms with Crippen LogP contribution in [0.3, 0.4) is 0 Å². The van der Waals surface area contributed by atoms with Gasteiger partial charge in [0.1, 0.15) is 0 Å². The molecule has 0 aromatic carbocycles. The average molecular weight is 331 g/mol. The summed E-state index contributed by atoms with van der Waals surface area (Å²) < 4.78 is 0. The van der Waals surface area contributed by atoms with Gasteiger partial charge in [-0.3, -0.25) is 0 Å². The lowest BCUT2D eigenvalue weighted by Gasteiger charge is -2.04. The maximum absolute atomic E-state index is 4.02. The molecule has 0 aromatic rings. The molecule has 3 fully saturated rings. The van der Waals surface area contributed by atoms with Gasteiger partial charge >= 0.3 is 0 Å². The molecule has 0 aliphatic heterocycles. The molecule has 0 heteroatoms. The maximum Gasteiger partial charge on any atom is -0.00238 e. The predicted molar refractivity (Wildman–Crippen MR) is 110 cm³/mol. The van der Waals surface area contributed by atoms with Gasteiger partial charge < -0.3 is 0 Å². The molecule has 138 valence electrons. The summed E-state index contributed by atoms with van der Waals surface area (Å²) in [5, 5.41) is 0. The molecule has 3 aliphatic rings. The molecule has 0 heterocycles. The van der Waals surface area contributed by atoms with Crippen molar-refractivity contribution in [3.63, 3.8) is 0 Å². The summed E-state index contributed by atoms with van der Waals surface area (Å²) in [4.78, 5) is 0. The number of hydrogen-bond acceptors (Lipinski definition) is 0. The fraction of sp³-hybridized carbons (Fsp3) is 0.750. The summed E-state index contributed by atoms with van der Waals surface area (Å²) in [5.41, 5.74) is 4.18. The second kappa shape index (κ2) is 9.64. The molecule has 0 amide bonds. The molecular formula is C24H42. The van der Waals surface area contributed by atoms with Gasteiger partial charge in [0.15, 0.2) is 0 Å². The Morgan fingerprint density at radius 2 is 1.08 bits per heavy atom.